The lowest BCUT2D eigenvalue weighted by atomic mass is 10.2. The Morgan fingerprint density at radius 3 is 2.56 bits per heavy atom. The van der Waals surface area contributed by atoms with Gasteiger partial charge in [0, 0.05) is 11.4 Å². The molecular formula is C13H17ClO2. The highest BCUT2D eigenvalue weighted by Crippen LogP contribution is 2.10. The van der Waals surface area contributed by atoms with E-state index in [9.17, 15) is 4.79 Å². The maximum atomic E-state index is 11.3. The molecule has 0 aliphatic carbocycles. The summed E-state index contributed by atoms with van der Waals surface area (Å²) in [6.45, 7) is 2.45. The minimum absolute atomic E-state index is 0.122. The zero-order valence-corrected chi connectivity index (χ0v) is 10.3. The summed E-state index contributed by atoms with van der Waals surface area (Å²) in [4.78, 5) is 11.3. The number of carbonyl (C=O) groups excluding carboxylic acids is 1. The number of benzene rings is 1. The Kier molecular flexibility index (Phi) is 5.94. The smallest absolute Gasteiger partial charge is 0.306 e. The molecule has 1 aromatic rings. The zero-order valence-electron chi connectivity index (χ0n) is 9.54. The van der Waals surface area contributed by atoms with Crippen LogP contribution in [-0.4, -0.2) is 5.97 Å². The Bertz CT molecular complexity index is 319. The molecule has 0 amide bonds. The monoisotopic (exact) mass is 240 g/mol. The van der Waals surface area contributed by atoms with Crippen LogP contribution in [0.25, 0.3) is 0 Å². The summed E-state index contributed by atoms with van der Waals surface area (Å²) < 4.78 is 5.13. The van der Waals surface area contributed by atoms with Crippen LogP contribution in [0.3, 0.4) is 0 Å². The van der Waals surface area contributed by atoms with E-state index in [0.717, 1.165) is 24.8 Å². The van der Waals surface area contributed by atoms with Crippen molar-refractivity contribution in [3.63, 3.8) is 0 Å². The average molecular weight is 241 g/mol. The van der Waals surface area contributed by atoms with Gasteiger partial charge in [-0.25, -0.2) is 0 Å². The first-order valence-corrected chi connectivity index (χ1v) is 6.00. The summed E-state index contributed by atoms with van der Waals surface area (Å²) in [6.07, 6.45) is 3.62. The fourth-order valence-corrected chi connectivity index (χ4v) is 1.46. The highest BCUT2D eigenvalue weighted by atomic mass is 35.5. The number of ether oxygens (including phenoxy) is 1. The number of hydrogen-bond donors (Lipinski definition) is 0. The van der Waals surface area contributed by atoms with Crippen LogP contribution < -0.4 is 0 Å². The lowest BCUT2D eigenvalue weighted by Crippen LogP contribution is -2.04. The van der Waals surface area contributed by atoms with Crippen LogP contribution in [0.4, 0.5) is 0 Å². The van der Waals surface area contributed by atoms with Crippen LogP contribution in [-0.2, 0) is 16.1 Å². The molecule has 0 unspecified atom stereocenters. The normalized spacial score (nSPS) is 10.1. The molecule has 0 fully saturated rings. The molecule has 0 saturated heterocycles. The van der Waals surface area contributed by atoms with Crippen LogP contribution in [0.5, 0.6) is 0 Å². The number of carbonyl (C=O) groups is 1. The van der Waals surface area contributed by atoms with Gasteiger partial charge in [-0.15, -0.1) is 0 Å². The fraction of sp³-hybridized carbons (Fsp3) is 0.462. The maximum absolute atomic E-state index is 11.3. The molecule has 0 radical (unpaired) electrons. The van der Waals surface area contributed by atoms with Crippen LogP contribution in [0.1, 0.15) is 38.2 Å². The molecule has 16 heavy (non-hydrogen) atoms. The van der Waals surface area contributed by atoms with Gasteiger partial charge in [0.05, 0.1) is 0 Å². The molecule has 0 saturated carbocycles. The van der Waals surface area contributed by atoms with Crippen LogP contribution in [0.2, 0.25) is 5.02 Å². The third-order valence-corrected chi connectivity index (χ3v) is 2.55. The molecule has 0 aliphatic heterocycles. The van der Waals surface area contributed by atoms with Gasteiger partial charge in [0.25, 0.3) is 0 Å². The van der Waals surface area contributed by atoms with E-state index in [2.05, 4.69) is 6.92 Å². The lowest BCUT2D eigenvalue weighted by Gasteiger charge is -2.04. The topological polar surface area (TPSA) is 26.3 Å². The molecule has 88 valence electrons. The number of hydrogen-bond acceptors (Lipinski definition) is 2. The van der Waals surface area contributed by atoms with Crippen molar-refractivity contribution in [2.45, 2.75) is 39.2 Å². The van der Waals surface area contributed by atoms with E-state index in [1.807, 2.05) is 12.1 Å². The Morgan fingerprint density at radius 1 is 1.25 bits per heavy atom. The van der Waals surface area contributed by atoms with Crippen molar-refractivity contribution >= 4 is 17.6 Å². The highest BCUT2D eigenvalue weighted by Gasteiger charge is 2.02. The fourth-order valence-electron chi connectivity index (χ4n) is 1.34. The first-order valence-electron chi connectivity index (χ1n) is 5.62. The average Bonchev–Trinajstić information content (AvgIpc) is 2.29. The SMILES string of the molecule is CCCCCC(=O)OCc1ccc(Cl)cc1. The summed E-state index contributed by atoms with van der Waals surface area (Å²) in [7, 11) is 0. The second-order valence-corrected chi connectivity index (χ2v) is 4.18. The van der Waals surface area contributed by atoms with Crippen LogP contribution in [0.15, 0.2) is 24.3 Å². The zero-order chi connectivity index (χ0) is 11.8. The Hall–Kier alpha value is -1.02. The van der Waals surface area contributed by atoms with Crippen molar-refractivity contribution in [2.75, 3.05) is 0 Å². The van der Waals surface area contributed by atoms with Gasteiger partial charge in [-0.2, -0.15) is 0 Å². The van der Waals surface area contributed by atoms with Gasteiger partial charge in [-0.05, 0) is 24.1 Å². The van der Waals surface area contributed by atoms with Crippen LogP contribution >= 0.6 is 11.6 Å². The number of halogens is 1. The summed E-state index contributed by atoms with van der Waals surface area (Å²) >= 11 is 5.75. The molecule has 2 nitrogen and oxygen atoms in total. The molecule has 1 aromatic carbocycles. The minimum Gasteiger partial charge on any atom is -0.461 e. The van der Waals surface area contributed by atoms with Crippen molar-refractivity contribution in [3.8, 4) is 0 Å². The summed E-state index contributed by atoms with van der Waals surface area (Å²) in [5.41, 5.74) is 0.966. The van der Waals surface area contributed by atoms with Crippen molar-refractivity contribution in [1.29, 1.82) is 0 Å². The molecule has 0 spiro atoms. The molecular weight excluding hydrogens is 224 g/mol. The Labute approximate surface area is 102 Å². The minimum atomic E-state index is -0.122. The largest absolute Gasteiger partial charge is 0.461 e. The second kappa shape index (κ2) is 7.29. The van der Waals surface area contributed by atoms with Gasteiger partial charge in [-0.1, -0.05) is 43.5 Å². The first kappa shape index (κ1) is 13.0. The van der Waals surface area contributed by atoms with E-state index in [-0.39, 0.29) is 5.97 Å². The highest BCUT2D eigenvalue weighted by molar-refractivity contribution is 6.30. The number of unbranched alkanes of at least 4 members (excludes halogenated alkanes) is 2. The Balaban J connectivity index is 2.23. The predicted molar refractivity (Wildman–Crippen MR) is 65.4 cm³/mol. The molecule has 3 heteroatoms. The molecule has 0 bridgehead atoms. The lowest BCUT2D eigenvalue weighted by molar-refractivity contribution is -0.145. The predicted octanol–water partition coefficient (Wildman–Crippen LogP) is 3.96. The van der Waals surface area contributed by atoms with E-state index in [1.165, 1.54) is 0 Å². The van der Waals surface area contributed by atoms with Crippen molar-refractivity contribution < 1.29 is 9.53 Å². The molecule has 0 heterocycles. The quantitative estimate of drug-likeness (QED) is 0.556. The Morgan fingerprint density at radius 2 is 1.94 bits per heavy atom. The maximum Gasteiger partial charge on any atom is 0.306 e. The summed E-state index contributed by atoms with van der Waals surface area (Å²) in [5.74, 6) is -0.122. The van der Waals surface area contributed by atoms with E-state index < -0.39 is 0 Å². The molecule has 0 aromatic heterocycles. The van der Waals surface area contributed by atoms with E-state index >= 15 is 0 Å². The van der Waals surface area contributed by atoms with E-state index in [0.29, 0.717) is 18.1 Å². The second-order valence-electron chi connectivity index (χ2n) is 3.74. The summed E-state index contributed by atoms with van der Waals surface area (Å²) in [5, 5.41) is 0.693. The van der Waals surface area contributed by atoms with Gasteiger partial charge in [-0.3, -0.25) is 4.79 Å². The van der Waals surface area contributed by atoms with E-state index in [4.69, 9.17) is 16.3 Å². The van der Waals surface area contributed by atoms with Gasteiger partial charge in [0.1, 0.15) is 6.61 Å². The van der Waals surface area contributed by atoms with Gasteiger partial charge >= 0.3 is 5.97 Å². The van der Waals surface area contributed by atoms with Crippen molar-refractivity contribution in [3.05, 3.63) is 34.9 Å². The summed E-state index contributed by atoms with van der Waals surface area (Å²) in [6, 6.07) is 7.31. The standard InChI is InChI=1S/C13H17ClO2/c1-2-3-4-5-13(15)16-10-11-6-8-12(14)9-7-11/h6-9H,2-5,10H2,1H3. The van der Waals surface area contributed by atoms with Gasteiger partial charge < -0.3 is 4.74 Å². The third-order valence-electron chi connectivity index (χ3n) is 2.30. The molecule has 0 N–H and O–H groups in total. The molecule has 0 aliphatic rings. The first-order chi connectivity index (χ1) is 7.72. The van der Waals surface area contributed by atoms with Gasteiger partial charge in [0.2, 0.25) is 0 Å². The van der Waals surface area contributed by atoms with Crippen LogP contribution in [0, 0.1) is 0 Å². The number of rotatable bonds is 6. The van der Waals surface area contributed by atoms with Gasteiger partial charge in [0.15, 0.2) is 0 Å². The van der Waals surface area contributed by atoms with E-state index in [1.54, 1.807) is 12.1 Å². The van der Waals surface area contributed by atoms with Crippen molar-refractivity contribution in [2.24, 2.45) is 0 Å². The van der Waals surface area contributed by atoms with Crippen molar-refractivity contribution in [1.82, 2.24) is 0 Å². The third kappa shape index (κ3) is 5.17. The molecule has 0 atom stereocenters. The number of esters is 1. The molecule has 1 rings (SSSR count).